The Labute approximate surface area is 112 Å². The Balaban J connectivity index is 0.00000144. The van der Waals surface area contributed by atoms with Crippen LogP contribution in [0.5, 0.6) is 0 Å². The molecule has 1 atom stereocenters. The number of hydrogen-bond donors (Lipinski definition) is 0. The summed E-state index contributed by atoms with van der Waals surface area (Å²) in [6, 6.07) is 7.37. The molecule has 0 aliphatic carbocycles. The molecule has 86 valence electrons. The second-order valence-electron chi connectivity index (χ2n) is 3.83. The van der Waals surface area contributed by atoms with E-state index in [0.717, 1.165) is 11.3 Å². The zero-order chi connectivity index (χ0) is 11.5. The maximum absolute atomic E-state index is 12.7. The molecule has 0 bridgehead atoms. The van der Waals surface area contributed by atoms with Crippen LogP contribution in [0.2, 0.25) is 0 Å². The summed E-state index contributed by atoms with van der Waals surface area (Å²) in [5.41, 5.74) is 1.67. The fraction of sp³-hybridized carbons (Fsp3) is 0.417. The summed E-state index contributed by atoms with van der Waals surface area (Å²) >= 11 is 0. The number of hydrogen-bond acceptors (Lipinski definition) is 3. The van der Waals surface area contributed by atoms with Crippen LogP contribution in [0.3, 0.4) is 0 Å². The summed E-state index contributed by atoms with van der Waals surface area (Å²) in [6.07, 6.45) is 0.413. The van der Waals surface area contributed by atoms with E-state index >= 15 is 0 Å². The fourth-order valence-corrected chi connectivity index (χ4v) is 1.77. The van der Waals surface area contributed by atoms with Gasteiger partial charge >= 0.3 is 18.9 Å². The molecule has 1 aromatic carbocycles. The van der Waals surface area contributed by atoms with Crippen LogP contribution in [0.4, 0.5) is 10.1 Å². The Morgan fingerprint density at radius 1 is 1.53 bits per heavy atom. The van der Waals surface area contributed by atoms with Gasteiger partial charge in [-0.1, -0.05) is 12.1 Å². The average molecular weight is 229 g/mol. The summed E-state index contributed by atoms with van der Waals surface area (Å²) in [5, 5.41) is 0. The molecule has 3 nitrogen and oxygen atoms in total. The molecule has 0 aromatic heterocycles. The largest absolute Gasteiger partial charge is 1.00 e. The van der Waals surface area contributed by atoms with Gasteiger partial charge in [-0.05, 0) is 23.8 Å². The third-order valence-electron chi connectivity index (χ3n) is 2.72. The first-order valence-corrected chi connectivity index (χ1v) is 5.14. The molecule has 0 spiro atoms. The fourth-order valence-electron chi connectivity index (χ4n) is 1.77. The molecular weight excluding hydrogens is 216 g/mol. The summed E-state index contributed by atoms with van der Waals surface area (Å²) in [6.45, 7) is 0.845. The average Bonchev–Trinajstić information content (AvgIpc) is 2.27. The second-order valence-corrected chi connectivity index (χ2v) is 3.83. The number of nitrogens with zero attached hydrogens (tertiary/aromatic N) is 1. The molecule has 1 aliphatic heterocycles. The number of alkyl halides is 1. The van der Waals surface area contributed by atoms with Crippen LogP contribution >= 0.6 is 0 Å². The number of halogens is 1. The van der Waals surface area contributed by atoms with Crippen LogP contribution < -0.4 is 23.8 Å². The number of ether oxygens (including phenoxy) is 1. The molecule has 17 heavy (non-hydrogen) atoms. The van der Waals surface area contributed by atoms with Crippen molar-refractivity contribution < 1.29 is 32.8 Å². The van der Waals surface area contributed by atoms with Gasteiger partial charge in [0.2, 0.25) is 0 Å². The smallest absolute Gasteiger partial charge is 0.539 e. The molecule has 5 heteroatoms. The van der Waals surface area contributed by atoms with Crippen molar-refractivity contribution in [1.29, 1.82) is 0 Å². The third kappa shape index (κ3) is 3.10. The van der Waals surface area contributed by atoms with Crippen LogP contribution in [0.25, 0.3) is 0 Å². The Kier molecular flexibility index (Phi) is 5.20. The van der Waals surface area contributed by atoms with Gasteiger partial charge in [0.1, 0.15) is 6.17 Å². The van der Waals surface area contributed by atoms with Crippen molar-refractivity contribution >= 4 is 12.0 Å². The molecule has 1 saturated heterocycles. The van der Waals surface area contributed by atoms with Crippen molar-refractivity contribution in [3.05, 3.63) is 29.8 Å². The van der Waals surface area contributed by atoms with Crippen LogP contribution in [0, 0.1) is 0 Å². The van der Waals surface area contributed by atoms with Gasteiger partial charge in [-0.3, -0.25) is 0 Å². The Morgan fingerprint density at radius 3 is 2.76 bits per heavy atom. The maximum atomic E-state index is 12.7. The van der Waals surface area contributed by atoms with E-state index in [1.54, 1.807) is 6.07 Å². The maximum Gasteiger partial charge on any atom is 1.00 e. The van der Waals surface area contributed by atoms with Gasteiger partial charge in [-0.25, -0.2) is 10.7 Å². The second kappa shape index (κ2) is 6.20. The molecule has 1 heterocycles. The van der Waals surface area contributed by atoms with Gasteiger partial charge in [0, 0.05) is 12.8 Å². The van der Waals surface area contributed by atoms with E-state index in [4.69, 9.17) is 4.74 Å². The predicted octanol–water partition coefficient (Wildman–Crippen LogP) is -1.35. The van der Waals surface area contributed by atoms with Crippen LogP contribution in [-0.2, 0) is 9.53 Å². The quantitative estimate of drug-likeness (QED) is 0.472. The third-order valence-corrected chi connectivity index (χ3v) is 2.72. The predicted molar refractivity (Wildman–Crippen MR) is 59.0 cm³/mol. The molecule has 1 fully saturated rings. The van der Waals surface area contributed by atoms with Crippen molar-refractivity contribution in [2.45, 2.75) is 12.3 Å². The monoisotopic (exact) mass is 229 g/mol. The Morgan fingerprint density at radius 2 is 2.24 bits per heavy atom. The molecule has 0 amide bonds. The summed E-state index contributed by atoms with van der Waals surface area (Å²) in [4.78, 5) is 12.6. The van der Waals surface area contributed by atoms with Gasteiger partial charge < -0.3 is 14.4 Å². The van der Waals surface area contributed by atoms with E-state index in [2.05, 4.69) is 0 Å². The number of benzene rings is 1. The first kappa shape index (κ1) is 14.2. The first-order chi connectivity index (χ1) is 7.74. The topological polar surface area (TPSA) is 29.5 Å². The van der Waals surface area contributed by atoms with Crippen molar-refractivity contribution in [1.82, 2.24) is 0 Å². The van der Waals surface area contributed by atoms with Crippen LogP contribution in [0.15, 0.2) is 24.3 Å². The van der Waals surface area contributed by atoms with Gasteiger partial charge in [0.15, 0.2) is 0 Å². The summed E-state index contributed by atoms with van der Waals surface area (Å²) < 4.78 is 17.7. The zero-order valence-corrected chi connectivity index (χ0v) is 10.0. The van der Waals surface area contributed by atoms with E-state index in [0.29, 0.717) is 13.1 Å². The molecule has 1 unspecified atom stereocenters. The van der Waals surface area contributed by atoms with Crippen molar-refractivity contribution in [3.8, 4) is 0 Å². The minimum atomic E-state index is -0.737. The Hall–Kier alpha value is -0.823. The van der Waals surface area contributed by atoms with E-state index in [-0.39, 0.29) is 18.9 Å². The van der Waals surface area contributed by atoms with E-state index in [1.807, 2.05) is 29.4 Å². The van der Waals surface area contributed by atoms with E-state index < -0.39 is 12.3 Å². The molecular formula is C12H13FLiNO2. The minimum absolute atomic E-state index is 0. The number of rotatable bonds is 4. The van der Waals surface area contributed by atoms with Gasteiger partial charge in [-0.2, -0.15) is 0 Å². The van der Waals surface area contributed by atoms with Crippen LogP contribution in [-0.4, -0.2) is 32.7 Å². The molecule has 0 radical (unpaired) electrons. The first-order valence-electron chi connectivity index (χ1n) is 5.14. The standard InChI is InChI=1S/C12H13FNO2.Li/c1-16-12(8-15)9-3-2-4-11(5-9)14-6-10(13)7-14;/h2-5,10,12H,6-7H2,1H3;/q-1;+1. The number of anilines is 1. The normalized spacial score (nSPS) is 16.9. The molecule has 2 rings (SSSR count). The number of carbonyl (C=O) groups excluding carboxylic acids is 1. The van der Waals surface area contributed by atoms with Crippen molar-refractivity contribution in [2.24, 2.45) is 0 Å². The zero-order valence-electron chi connectivity index (χ0n) is 10.0. The number of methoxy groups -OCH3 is 1. The molecule has 0 N–H and O–H groups in total. The van der Waals surface area contributed by atoms with Crippen molar-refractivity contribution in [3.63, 3.8) is 0 Å². The molecule has 1 aromatic rings. The van der Waals surface area contributed by atoms with Gasteiger partial charge in [0.25, 0.3) is 0 Å². The summed E-state index contributed by atoms with van der Waals surface area (Å²) in [7, 11) is 1.46. The minimum Gasteiger partial charge on any atom is -0.539 e. The van der Waals surface area contributed by atoms with Gasteiger partial charge in [0.05, 0.1) is 13.1 Å². The summed E-state index contributed by atoms with van der Waals surface area (Å²) in [5.74, 6) is 0. The van der Waals surface area contributed by atoms with Gasteiger partial charge in [-0.15, -0.1) is 0 Å². The Bertz CT molecular complexity index is 383. The van der Waals surface area contributed by atoms with Crippen molar-refractivity contribution in [2.75, 3.05) is 25.1 Å². The SMILES string of the molecule is COC([C-]=O)c1cccc(N2CC(F)C2)c1.[Li+]. The molecule has 0 saturated carbocycles. The van der Waals surface area contributed by atoms with Crippen LogP contribution in [0.1, 0.15) is 11.7 Å². The van der Waals surface area contributed by atoms with E-state index in [9.17, 15) is 9.18 Å². The van der Waals surface area contributed by atoms with E-state index in [1.165, 1.54) is 7.11 Å². The molecule has 1 aliphatic rings.